The topological polar surface area (TPSA) is 29.3 Å². The van der Waals surface area contributed by atoms with Crippen LogP contribution in [0.25, 0.3) is 0 Å². The molecule has 0 aliphatic rings. The van der Waals surface area contributed by atoms with Gasteiger partial charge in [0.05, 0.1) is 0 Å². The van der Waals surface area contributed by atoms with Gasteiger partial charge in [-0.2, -0.15) is 0 Å². The van der Waals surface area contributed by atoms with E-state index in [1.807, 2.05) is 0 Å². The quantitative estimate of drug-likeness (QED) is 0.822. The van der Waals surface area contributed by atoms with Crippen molar-refractivity contribution in [1.29, 1.82) is 0 Å². The van der Waals surface area contributed by atoms with E-state index in [4.69, 9.17) is 5.73 Å². The molecule has 0 heterocycles. The van der Waals surface area contributed by atoms with Gasteiger partial charge in [-0.1, -0.05) is 6.92 Å². The number of hydrogen-bond donors (Lipinski definition) is 1. The minimum absolute atomic E-state index is 0.330. The molecule has 2 nitrogen and oxygen atoms in total. The second-order valence-electron chi connectivity index (χ2n) is 5.23. The third kappa shape index (κ3) is 5.25. The number of halogens is 2. The smallest absolute Gasteiger partial charge is 0.126 e. The van der Waals surface area contributed by atoms with Crippen LogP contribution in [0.15, 0.2) is 18.2 Å². The van der Waals surface area contributed by atoms with Crippen LogP contribution in [0, 0.1) is 11.6 Å². The Hall–Kier alpha value is -1.00. The SMILES string of the molecule is CCCN(CCC(N)c1cc(F)cc(F)c1)C(C)C. The Kier molecular flexibility index (Phi) is 6.38. The van der Waals surface area contributed by atoms with E-state index in [-0.39, 0.29) is 6.04 Å². The highest BCUT2D eigenvalue weighted by Gasteiger charge is 2.13. The van der Waals surface area contributed by atoms with Gasteiger partial charge in [-0.3, -0.25) is 0 Å². The van der Waals surface area contributed by atoms with Crippen molar-refractivity contribution in [1.82, 2.24) is 4.90 Å². The molecule has 0 bridgehead atoms. The van der Waals surface area contributed by atoms with Gasteiger partial charge < -0.3 is 10.6 Å². The molecule has 1 aromatic carbocycles. The van der Waals surface area contributed by atoms with Crippen molar-refractivity contribution in [3.63, 3.8) is 0 Å². The highest BCUT2D eigenvalue weighted by Crippen LogP contribution is 2.18. The summed E-state index contributed by atoms with van der Waals surface area (Å²) in [5, 5.41) is 0. The number of nitrogens with zero attached hydrogens (tertiary/aromatic N) is 1. The molecule has 0 aromatic heterocycles. The summed E-state index contributed by atoms with van der Waals surface area (Å²) in [7, 11) is 0. The van der Waals surface area contributed by atoms with Gasteiger partial charge in [0.15, 0.2) is 0 Å². The monoisotopic (exact) mass is 270 g/mol. The molecular weight excluding hydrogens is 246 g/mol. The lowest BCUT2D eigenvalue weighted by Crippen LogP contribution is -2.34. The first-order chi connectivity index (χ1) is 8.93. The number of nitrogens with two attached hydrogens (primary N) is 1. The minimum Gasteiger partial charge on any atom is -0.324 e. The van der Waals surface area contributed by atoms with Crippen LogP contribution < -0.4 is 5.73 Å². The summed E-state index contributed by atoms with van der Waals surface area (Å²) in [4.78, 5) is 2.33. The van der Waals surface area contributed by atoms with Gasteiger partial charge in [-0.15, -0.1) is 0 Å². The molecule has 0 saturated heterocycles. The van der Waals surface area contributed by atoms with Crippen LogP contribution in [0.4, 0.5) is 8.78 Å². The molecule has 0 spiro atoms. The molecule has 0 amide bonds. The predicted octanol–water partition coefficient (Wildman–Crippen LogP) is 3.48. The maximum Gasteiger partial charge on any atom is 0.126 e. The average Bonchev–Trinajstić information content (AvgIpc) is 2.32. The molecular formula is C15H24F2N2. The molecule has 4 heteroatoms. The molecule has 0 aliphatic carbocycles. The van der Waals surface area contributed by atoms with E-state index in [9.17, 15) is 8.78 Å². The van der Waals surface area contributed by atoms with Crippen LogP contribution in [0.2, 0.25) is 0 Å². The number of rotatable bonds is 7. The van der Waals surface area contributed by atoms with Crippen LogP contribution in [-0.4, -0.2) is 24.0 Å². The Morgan fingerprint density at radius 3 is 2.16 bits per heavy atom. The molecule has 1 aromatic rings. The van der Waals surface area contributed by atoms with Gasteiger partial charge >= 0.3 is 0 Å². The lowest BCUT2D eigenvalue weighted by Gasteiger charge is -2.27. The second-order valence-corrected chi connectivity index (χ2v) is 5.23. The molecule has 1 unspecified atom stereocenters. The molecule has 0 fully saturated rings. The third-order valence-electron chi connectivity index (χ3n) is 3.28. The molecule has 108 valence electrons. The zero-order valence-corrected chi connectivity index (χ0v) is 12.0. The lowest BCUT2D eigenvalue weighted by molar-refractivity contribution is 0.214. The average molecular weight is 270 g/mol. The Morgan fingerprint density at radius 1 is 1.11 bits per heavy atom. The first-order valence-corrected chi connectivity index (χ1v) is 6.89. The Balaban J connectivity index is 2.60. The van der Waals surface area contributed by atoms with Crippen molar-refractivity contribution in [2.24, 2.45) is 5.73 Å². The lowest BCUT2D eigenvalue weighted by atomic mass is 10.0. The van der Waals surface area contributed by atoms with Crippen LogP contribution in [-0.2, 0) is 0 Å². The van der Waals surface area contributed by atoms with Crippen molar-refractivity contribution >= 4 is 0 Å². The van der Waals surface area contributed by atoms with Gasteiger partial charge in [-0.25, -0.2) is 8.78 Å². The number of benzene rings is 1. The van der Waals surface area contributed by atoms with Crippen LogP contribution in [0.1, 0.15) is 45.2 Å². The summed E-state index contributed by atoms with van der Waals surface area (Å²) in [6.45, 7) is 8.27. The van der Waals surface area contributed by atoms with E-state index in [2.05, 4.69) is 25.7 Å². The van der Waals surface area contributed by atoms with E-state index in [1.54, 1.807) is 0 Å². The van der Waals surface area contributed by atoms with Gasteiger partial charge in [0, 0.05) is 24.7 Å². The van der Waals surface area contributed by atoms with Crippen molar-refractivity contribution in [2.45, 2.75) is 45.7 Å². The maximum atomic E-state index is 13.1. The summed E-state index contributed by atoms with van der Waals surface area (Å²) >= 11 is 0. The standard InChI is InChI=1S/C15H24F2N2/c1-4-6-19(11(2)3)7-5-15(18)12-8-13(16)10-14(17)9-12/h8-11,15H,4-7,18H2,1-3H3. The summed E-state index contributed by atoms with van der Waals surface area (Å²) in [5.74, 6) is -1.14. The largest absolute Gasteiger partial charge is 0.324 e. The van der Waals surface area contributed by atoms with E-state index in [0.29, 0.717) is 18.0 Å². The summed E-state index contributed by atoms with van der Waals surface area (Å²) < 4.78 is 26.3. The fourth-order valence-electron chi connectivity index (χ4n) is 2.18. The van der Waals surface area contributed by atoms with Crippen molar-refractivity contribution in [3.05, 3.63) is 35.4 Å². The van der Waals surface area contributed by atoms with Crippen molar-refractivity contribution < 1.29 is 8.78 Å². The first-order valence-electron chi connectivity index (χ1n) is 6.89. The molecule has 0 saturated carbocycles. The minimum atomic E-state index is -0.570. The van der Waals surface area contributed by atoms with Gasteiger partial charge in [0.2, 0.25) is 0 Å². The van der Waals surface area contributed by atoms with E-state index in [1.165, 1.54) is 12.1 Å². The third-order valence-corrected chi connectivity index (χ3v) is 3.28. The van der Waals surface area contributed by atoms with E-state index in [0.717, 1.165) is 25.6 Å². The zero-order chi connectivity index (χ0) is 14.4. The second kappa shape index (κ2) is 7.56. The van der Waals surface area contributed by atoms with Gasteiger partial charge in [0.1, 0.15) is 11.6 Å². The van der Waals surface area contributed by atoms with Crippen molar-refractivity contribution in [2.75, 3.05) is 13.1 Å². The molecule has 0 radical (unpaired) electrons. The van der Waals surface area contributed by atoms with E-state index >= 15 is 0 Å². The molecule has 1 atom stereocenters. The molecule has 0 aliphatic heterocycles. The van der Waals surface area contributed by atoms with Gasteiger partial charge in [0.25, 0.3) is 0 Å². The van der Waals surface area contributed by atoms with Gasteiger partial charge in [-0.05, 0) is 50.9 Å². The number of hydrogen-bond acceptors (Lipinski definition) is 2. The van der Waals surface area contributed by atoms with E-state index < -0.39 is 11.6 Å². The van der Waals surface area contributed by atoms with Crippen LogP contribution >= 0.6 is 0 Å². The van der Waals surface area contributed by atoms with Crippen molar-refractivity contribution in [3.8, 4) is 0 Å². The molecule has 1 rings (SSSR count). The summed E-state index contributed by atoms with van der Waals surface area (Å²) in [6, 6.07) is 3.62. The zero-order valence-electron chi connectivity index (χ0n) is 12.0. The Bertz CT molecular complexity index is 373. The maximum absolute atomic E-state index is 13.1. The fraction of sp³-hybridized carbons (Fsp3) is 0.600. The van der Waals surface area contributed by atoms with Crippen LogP contribution in [0.5, 0.6) is 0 Å². The molecule has 2 N–H and O–H groups in total. The summed E-state index contributed by atoms with van der Waals surface area (Å²) in [5.41, 5.74) is 6.54. The highest BCUT2D eigenvalue weighted by atomic mass is 19.1. The fourth-order valence-corrected chi connectivity index (χ4v) is 2.18. The Labute approximate surface area is 114 Å². The first kappa shape index (κ1) is 16.1. The highest BCUT2D eigenvalue weighted by molar-refractivity contribution is 5.21. The Morgan fingerprint density at radius 2 is 1.68 bits per heavy atom. The summed E-state index contributed by atoms with van der Waals surface area (Å²) in [6.07, 6.45) is 1.78. The molecule has 19 heavy (non-hydrogen) atoms. The predicted molar refractivity (Wildman–Crippen MR) is 74.9 cm³/mol. The normalized spacial score (nSPS) is 13.3. The van der Waals surface area contributed by atoms with Crippen LogP contribution in [0.3, 0.4) is 0 Å².